The van der Waals surface area contributed by atoms with Crippen LogP contribution >= 0.6 is 0 Å². The van der Waals surface area contributed by atoms with Crippen LogP contribution in [-0.2, 0) is 10.0 Å². The number of sulfonamides is 1. The molecule has 2 unspecified atom stereocenters. The van der Waals surface area contributed by atoms with Crippen molar-refractivity contribution in [2.75, 3.05) is 13.1 Å². The molecule has 1 N–H and O–H groups in total. The number of hydrogen-bond acceptors (Lipinski definition) is 3. The minimum atomic E-state index is -3.66. The van der Waals surface area contributed by atoms with Crippen LogP contribution < -0.4 is 4.72 Å². The van der Waals surface area contributed by atoms with Crippen molar-refractivity contribution >= 4 is 15.9 Å². The summed E-state index contributed by atoms with van der Waals surface area (Å²) >= 11 is 0. The summed E-state index contributed by atoms with van der Waals surface area (Å²) in [5.74, 6) is 0.474. The highest BCUT2D eigenvalue weighted by atomic mass is 32.2. The molecule has 1 amide bonds. The second kappa shape index (κ2) is 8.23. The molecule has 2 atom stereocenters. The maximum Gasteiger partial charge on any atom is 0.253 e. The fourth-order valence-electron chi connectivity index (χ4n) is 3.44. The average Bonchev–Trinajstić information content (AvgIpc) is 2.68. The quantitative estimate of drug-likeness (QED) is 0.854. The van der Waals surface area contributed by atoms with Crippen molar-refractivity contribution in [3.8, 4) is 0 Å². The van der Waals surface area contributed by atoms with Crippen LogP contribution in [0.4, 0.5) is 0 Å². The highest BCUT2D eigenvalue weighted by Crippen LogP contribution is 2.20. The lowest BCUT2D eigenvalue weighted by Crippen LogP contribution is -2.39. The van der Waals surface area contributed by atoms with Crippen molar-refractivity contribution in [2.45, 2.75) is 37.6 Å². The van der Waals surface area contributed by atoms with Crippen molar-refractivity contribution in [1.82, 2.24) is 9.62 Å². The van der Waals surface area contributed by atoms with Gasteiger partial charge in [-0.3, -0.25) is 4.79 Å². The third-order valence-corrected chi connectivity index (χ3v) is 6.54. The first kappa shape index (κ1) is 19.6. The number of hydrogen-bond donors (Lipinski definition) is 1. The maximum absolute atomic E-state index is 12.6. The van der Waals surface area contributed by atoms with Gasteiger partial charge >= 0.3 is 0 Å². The van der Waals surface area contributed by atoms with Crippen LogP contribution in [-0.4, -0.2) is 32.3 Å². The van der Waals surface area contributed by atoms with Crippen molar-refractivity contribution in [2.24, 2.45) is 5.92 Å². The van der Waals surface area contributed by atoms with E-state index in [0.717, 1.165) is 31.5 Å². The van der Waals surface area contributed by atoms with Gasteiger partial charge in [-0.1, -0.05) is 37.3 Å². The second-order valence-corrected chi connectivity index (χ2v) is 8.99. The fraction of sp³-hybridized carbons (Fsp3) is 0.381. The third-order valence-electron chi connectivity index (χ3n) is 4.99. The molecular weight excluding hydrogens is 360 g/mol. The SMILES string of the molecule is CC1CCCN(C(=O)c2ccc(S(=O)(=O)NC(C)c3ccccc3)cc2)C1. The van der Waals surface area contributed by atoms with Gasteiger partial charge in [0.2, 0.25) is 10.0 Å². The molecule has 3 rings (SSSR count). The van der Waals surface area contributed by atoms with Crippen molar-refractivity contribution in [3.63, 3.8) is 0 Å². The first-order valence-corrected chi connectivity index (χ1v) is 10.8. The fourth-order valence-corrected chi connectivity index (χ4v) is 4.68. The van der Waals surface area contributed by atoms with Crippen LogP contribution in [0.2, 0.25) is 0 Å². The average molecular weight is 387 g/mol. The molecule has 0 bridgehead atoms. The van der Waals surface area contributed by atoms with Gasteiger partial charge in [0.1, 0.15) is 0 Å². The zero-order valence-electron chi connectivity index (χ0n) is 15.8. The zero-order valence-corrected chi connectivity index (χ0v) is 16.6. The number of nitrogens with one attached hydrogen (secondary N) is 1. The number of piperidine rings is 1. The highest BCUT2D eigenvalue weighted by Gasteiger charge is 2.23. The van der Waals surface area contributed by atoms with E-state index in [2.05, 4.69) is 11.6 Å². The van der Waals surface area contributed by atoms with Gasteiger partial charge < -0.3 is 4.90 Å². The van der Waals surface area contributed by atoms with Gasteiger partial charge in [-0.05, 0) is 55.5 Å². The summed E-state index contributed by atoms with van der Waals surface area (Å²) in [4.78, 5) is 14.6. The van der Waals surface area contributed by atoms with Crippen LogP contribution in [0.15, 0.2) is 59.5 Å². The lowest BCUT2D eigenvalue weighted by Gasteiger charge is -2.31. The highest BCUT2D eigenvalue weighted by molar-refractivity contribution is 7.89. The summed E-state index contributed by atoms with van der Waals surface area (Å²) in [6.45, 7) is 5.48. The molecule has 1 aliphatic rings. The molecule has 1 fully saturated rings. The maximum atomic E-state index is 12.6. The van der Waals surface area contributed by atoms with E-state index in [0.29, 0.717) is 11.5 Å². The monoisotopic (exact) mass is 386 g/mol. The van der Waals surface area contributed by atoms with E-state index in [1.54, 1.807) is 12.1 Å². The number of nitrogens with zero attached hydrogens (tertiary/aromatic N) is 1. The summed E-state index contributed by atoms with van der Waals surface area (Å²) in [6, 6.07) is 15.3. The summed E-state index contributed by atoms with van der Waals surface area (Å²) in [5, 5.41) is 0. The Balaban J connectivity index is 1.71. The molecule has 0 aliphatic carbocycles. The van der Waals surface area contributed by atoms with E-state index in [9.17, 15) is 13.2 Å². The normalized spacial score (nSPS) is 18.9. The zero-order chi connectivity index (χ0) is 19.4. The predicted molar refractivity (Wildman–Crippen MR) is 106 cm³/mol. The number of rotatable bonds is 5. The van der Waals surface area contributed by atoms with E-state index in [4.69, 9.17) is 0 Å². The Kier molecular flexibility index (Phi) is 5.97. The molecule has 0 aromatic heterocycles. The van der Waals surface area contributed by atoms with E-state index in [-0.39, 0.29) is 16.8 Å². The second-order valence-electron chi connectivity index (χ2n) is 7.28. The van der Waals surface area contributed by atoms with Crippen LogP contribution in [0.1, 0.15) is 48.7 Å². The topological polar surface area (TPSA) is 66.5 Å². The predicted octanol–water partition coefficient (Wildman–Crippen LogP) is 3.60. The number of carbonyl (C=O) groups excluding carboxylic acids is 1. The van der Waals surface area contributed by atoms with Crippen molar-refractivity contribution in [1.29, 1.82) is 0 Å². The Morgan fingerprint density at radius 3 is 2.41 bits per heavy atom. The molecule has 1 aliphatic heterocycles. The molecule has 2 aromatic carbocycles. The van der Waals surface area contributed by atoms with Gasteiger partial charge in [-0.25, -0.2) is 13.1 Å². The van der Waals surface area contributed by atoms with Crippen LogP contribution in [0.5, 0.6) is 0 Å². The Morgan fingerprint density at radius 2 is 1.78 bits per heavy atom. The van der Waals surface area contributed by atoms with Gasteiger partial charge in [-0.2, -0.15) is 0 Å². The first-order valence-electron chi connectivity index (χ1n) is 9.33. The molecule has 2 aromatic rings. The van der Waals surface area contributed by atoms with Gasteiger partial charge in [0.15, 0.2) is 0 Å². The number of likely N-dealkylation sites (tertiary alicyclic amines) is 1. The summed E-state index contributed by atoms with van der Waals surface area (Å²) < 4.78 is 28.0. The molecule has 144 valence electrons. The Morgan fingerprint density at radius 1 is 1.11 bits per heavy atom. The Hall–Kier alpha value is -2.18. The summed E-state index contributed by atoms with van der Waals surface area (Å²) in [5.41, 5.74) is 1.42. The van der Waals surface area contributed by atoms with E-state index in [1.807, 2.05) is 42.2 Å². The van der Waals surface area contributed by atoms with Gasteiger partial charge in [0.05, 0.1) is 4.90 Å². The van der Waals surface area contributed by atoms with Crippen molar-refractivity contribution < 1.29 is 13.2 Å². The largest absolute Gasteiger partial charge is 0.338 e. The number of benzene rings is 2. The van der Waals surface area contributed by atoms with Crippen LogP contribution in [0.3, 0.4) is 0 Å². The molecule has 5 nitrogen and oxygen atoms in total. The van der Waals surface area contributed by atoms with Gasteiger partial charge in [-0.15, -0.1) is 0 Å². The third kappa shape index (κ3) is 4.76. The first-order chi connectivity index (χ1) is 12.9. The summed E-state index contributed by atoms with van der Waals surface area (Å²) in [7, 11) is -3.66. The molecule has 0 spiro atoms. The standard InChI is InChI=1S/C21H26N2O3S/c1-16-7-6-14-23(15-16)21(24)19-10-12-20(13-11-19)27(25,26)22-17(2)18-8-4-3-5-9-18/h3-5,8-13,16-17,22H,6-7,14-15H2,1-2H3. The smallest absolute Gasteiger partial charge is 0.253 e. The number of amides is 1. The molecule has 6 heteroatoms. The lowest BCUT2D eigenvalue weighted by molar-refractivity contribution is 0.0683. The minimum Gasteiger partial charge on any atom is -0.338 e. The number of carbonyl (C=O) groups is 1. The molecule has 0 radical (unpaired) electrons. The molecular formula is C21H26N2O3S. The van der Waals surface area contributed by atoms with E-state index in [1.165, 1.54) is 12.1 Å². The van der Waals surface area contributed by atoms with E-state index < -0.39 is 10.0 Å². The molecule has 1 saturated heterocycles. The van der Waals surface area contributed by atoms with E-state index >= 15 is 0 Å². The molecule has 1 heterocycles. The minimum absolute atomic E-state index is 0.0314. The van der Waals surface area contributed by atoms with Gasteiger partial charge in [0.25, 0.3) is 5.91 Å². The Labute approximate surface area is 161 Å². The van der Waals surface area contributed by atoms with Crippen LogP contribution in [0.25, 0.3) is 0 Å². The Bertz CT molecular complexity index is 879. The van der Waals surface area contributed by atoms with Crippen molar-refractivity contribution in [3.05, 3.63) is 65.7 Å². The molecule has 0 saturated carbocycles. The van der Waals surface area contributed by atoms with Crippen LogP contribution in [0, 0.1) is 5.92 Å². The molecule has 27 heavy (non-hydrogen) atoms. The lowest BCUT2D eigenvalue weighted by atomic mass is 9.99. The summed E-state index contributed by atoms with van der Waals surface area (Å²) in [6.07, 6.45) is 2.16. The van der Waals surface area contributed by atoms with Gasteiger partial charge in [0, 0.05) is 24.7 Å².